The van der Waals surface area contributed by atoms with Crippen LogP contribution in [0.2, 0.25) is 0 Å². The van der Waals surface area contributed by atoms with E-state index in [1.165, 1.54) is 29.7 Å². The lowest BCUT2D eigenvalue weighted by Gasteiger charge is -2.19. The lowest BCUT2D eigenvalue weighted by atomic mass is 10.0. The van der Waals surface area contributed by atoms with Crippen LogP contribution in [0.5, 0.6) is 0 Å². The topological polar surface area (TPSA) is 12.0 Å². The van der Waals surface area contributed by atoms with Crippen molar-refractivity contribution in [3.63, 3.8) is 0 Å². The highest BCUT2D eigenvalue weighted by atomic mass is 15.0. The highest BCUT2D eigenvalue weighted by Gasteiger charge is 2.44. The summed E-state index contributed by atoms with van der Waals surface area (Å²) < 4.78 is 0. The van der Waals surface area contributed by atoms with E-state index in [1.54, 1.807) is 0 Å². The van der Waals surface area contributed by atoms with E-state index in [2.05, 4.69) is 66.8 Å². The number of anilines is 1. The number of hydrogen-bond donors (Lipinski definition) is 1. The van der Waals surface area contributed by atoms with Gasteiger partial charge in [-0.15, -0.1) is 0 Å². The average Bonchev–Trinajstić information content (AvgIpc) is 3.15. The molecule has 0 bridgehead atoms. The van der Waals surface area contributed by atoms with E-state index in [0.29, 0.717) is 0 Å². The second-order valence-electron chi connectivity index (χ2n) is 4.94. The third-order valence-corrected chi connectivity index (χ3v) is 3.51. The maximum Gasteiger partial charge on any atom is 0.0627 e. The summed E-state index contributed by atoms with van der Waals surface area (Å²) in [5.41, 5.74) is 4.12. The van der Waals surface area contributed by atoms with Crippen molar-refractivity contribution in [1.82, 2.24) is 0 Å². The van der Waals surface area contributed by atoms with E-state index in [1.807, 2.05) is 0 Å². The Kier molecular flexibility index (Phi) is 2.40. The summed E-state index contributed by atoms with van der Waals surface area (Å²) >= 11 is 0. The molecule has 0 radical (unpaired) electrons. The van der Waals surface area contributed by atoms with E-state index >= 15 is 0 Å². The van der Waals surface area contributed by atoms with E-state index < -0.39 is 0 Å². The van der Waals surface area contributed by atoms with Gasteiger partial charge in [0.25, 0.3) is 0 Å². The summed E-state index contributed by atoms with van der Waals surface area (Å²) in [6.45, 7) is 2.12. The molecule has 1 fully saturated rings. The van der Waals surface area contributed by atoms with E-state index in [9.17, 15) is 0 Å². The van der Waals surface area contributed by atoms with Crippen LogP contribution in [0.1, 0.15) is 24.0 Å². The lowest BCUT2D eigenvalue weighted by molar-refractivity contribution is 0.808. The minimum atomic E-state index is 0.191. The molecule has 1 aliphatic carbocycles. The summed E-state index contributed by atoms with van der Waals surface area (Å²) in [7, 11) is 0. The third kappa shape index (κ3) is 2.05. The van der Waals surface area contributed by atoms with Crippen molar-refractivity contribution in [2.75, 3.05) is 5.32 Å². The Bertz CT molecular complexity index is 495. The van der Waals surface area contributed by atoms with Crippen molar-refractivity contribution < 1.29 is 0 Å². The predicted octanol–water partition coefficient (Wildman–Crippen LogP) is 4.10. The van der Waals surface area contributed by atoms with Gasteiger partial charge in [-0.1, -0.05) is 48.0 Å². The van der Waals surface area contributed by atoms with Crippen LogP contribution in [-0.2, 0) is 5.54 Å². The number of nitrogens with one attached hydrogen (secondary N) is 1. The first-order chi connectivity index (χ1) is 8.28. The van der Waals surface area contributed by atoms with E-state index in [-0.39, 0.29) is 5.54 Å². The normalized spacial score (nSPS) is 16.5. The zero-order chi connectivity index (χ0) is 11.7. The molecule has 1 nitrogen and oxygen atoms in total. The van der Waals surface area contributed by atoms with Gasteiger partial charge in [-0.3, -0.25) is 0 Å². The molecule has 0 aliphatic heterocycles. The molecule has 1 heteroatoms. The number of rotatable bonds is 3. The third-order valence-electron chi connectivity index (χ3n) is 3.51. The summed E-state index contributed by atoms with van der Waals surface area (Å²) in [5.74, 6) is 0. The first-order valence-electron chi connectivity index (χ1n) is 6.19. The molecule has 0 heterocycles. The zero-order valence-electron chi connectivity index (χ0n) is 10.1. The molecule has 0 unspecified atom stereocenters. The van der Waals surface area contributed by atoms with Gasteiger partial charge in [0, 0.05) is 5.69 Å². The van der Waals surface area contributed by atoms with Crippen LogP contribution in [0.25, 0.3) is 0 Å². The Morgan fingerprint density at radius 3 is 2.12 bits per heavy atom. The quantitative estimate of drug-likeness (QED) is 0.826. The van der Waals surface area contributed by atoms with Crippen LogP contribution in [0, 0.1) is 6.92 Å². The minimum absolute atomic E-state index is 0.191. The maximum atomic E-state index is 3.67. The van der Waals surface area contributed by atoms with Gasteiger partial charge >= 0.3 is 0 Å². The molecule has 1 saturated carbocycles. The molecule has 1 N–H and O–H groups in total. The first kappa shape index (κ1) is 10.4. The molecule has 0 aromatic heterocycles. The fraction of sp³-hybridized carbons (Fsp3) is 0.250. The van der Waals surface area contributed by atoms with Gasteiger partial charge in [0.15, 0.2) is 0 Å². The maximum absolute atomic E-state index is 3.67. The van der Waals surface area contributed by atoms with Gasteiger partial charge in [0.2, 0.25) is 0 Å². The molecular formula is C16H17N. The second-order valence-corrected chi connectivity index (χ2v) is 4.94. The van der Waals surface area contributed by atoms with Crippen molar-refractivity contribution in [2.45, 2.75) is 25.3 Å². The Labute approximate surface area is 102 Å². The Hall–Kier alpha value is -1.76. The monoisotopic (exact) mass is 223 g/mol. The number of aryl methyl sites for hydroxylation is 1. The first-order valence-corrected chi connectivity index (χ1v) is 6.19. The number of benzene rings is 2. The molecule has 2 aromatic carbocycles. The molecule has 0 amide bonds. The van der Waals surface area contributed by atoms with Crippen LogP contribution in [-0.4, -0.2) is 0 Å². The summed E-state index contributed by atoms with van der Waals surface area (Å²) in [6.07, 6.45) is 2.45. The largest absolute Gasteiger partial charge is 0.376 e. The Morgan fingerprint density at radius 1 is 0.882 bits per heavy atom. The molecule has 0 atom stereocenters. The Morgan fingerprint density at radius 2 is 1.53 bits per heavy atom. The molecule has 1 aliphatic rings. The fourth-order valence-corrected chi connectivity index (χ4v) is 2.28. The van der Waals surface area contributed by atoms with Gasteiger partial charge in [-0.2, -0.15) is 0 Å². The van der Waals surface area contributed by atoms with Crippen molar-refractivity contribution in [2.24, 2.45) is 0 Å². The summed E-state index contributed by atoms with van der Waals surface area (Å²) in [5, 5.41) is 3.67. The lowest BCUT2D eigenvalue weighted by Crippen LogP contribution is -2.18. The fourth-order valence-electron chi connectivity index (χ4n) is 2.28. The van der Waals surface area contributed by atoms with Crippen molar-refractivity contribution in [3.8, 4) is 0 Å². The smallest absolute Gasteiger partial charge is 0.0627 e. The van der Waals surface area contributed by atoms with Crippen molar-refractivity contribution in [3.05, 3.63) is 65.7 Å². The average molecular weight is 223 g/mol. The molecule has 2 aromatic rings. The van der Waals surface area contributed by atoms with Crippen LogP contribution in [0.4, 0.5) is 5.69 Å². The van der Waals surface area contributed by atoms with Crippen LogP contribution >= 0.6 is 0 Å². The predicted molar refractivity (Wildman–Crippen MR) is 72.2 cm³/mol. The highest BCUT2D eigenvalue weighted by molar-refractivity contribution is 5.51. The van der Waals surface area contributed by atoms with Gasteiger partial charge in [0.05, 0.1) is 5.54 Å². The minimum Gasteiger partial charge on any atom is -0.376 e. The molecular weight excluding hydrogens is 206 g/mol. The van der Waals surface area contributed by atoms with Gasteiger partial charge < -0.3 is 5.32 Å². The van der Waals surface area contributed by atoms with Crippen LogP contribution in [0.3, 0.4) is 0 Å². The van der Waals surface area contributed by atoms with Crippen LogP contribution in [0.15, 0.2) is 54.6 Å². The SMILES string of the molecule is Cc1ccc(NC2(c3ccccc3)CC2)cc1. The molecule has 0 spiro atoms. The van der Waals surface area contributed by atoms with E-state index in [4.69, 9.17) is 0 Å². The van der Waals surface area contributed by atoms with Crippen molar-refractivity contribution >= 4 is 5.69 Å². The van der Waals surface area contributed by atoms with E-state index in [0.717, 1.165) is 0 Å². The van der Waals surface area contributed by atoms with Crippen molar-refractivity contribution in [1.29, 1.82) is 0 Å². The zero-order valence-corrected chi connectivity index (χ0v) is 10.1. The summed E-state index contributed by atoms with van der Waals surface area (Å²) in [6, 6.07) is 19.4. The van der Waals surface area contributed by atoms with Gasteiger partial charge in [0.1, 0.15) is 0 Å². The molecule has 17 heavy (non-hydrogen) atoms. The Balaban J connectivity index is 1.83. The molecule has 86 valence electrons. The molecule has 3 rings (SSSR count). The number of hydrogen-bond acceptors (Lipinski definition) is 1. The second kappa shape index (κ2) is 3.92. The highest BCUT2D eigenvalue weighted by Crippen LogP contribution is 2.48. The van der Waals surface area contributed by atoms with Crippen LogP contribution < -0.4 is 5.32 Å². The van der Waals surface area contributed by atoms with Gasteiger partial charge in [-0.25, -0.2) is 0 Å². The summed E-state index contributed by atoms with van der Waals surface area (Å²) in [4.78, 5) is 0. The molecule has 0 saturated heterocycles. The van der Waals surface area contributed by atoms with Gasteiger partial charge in [-0.05, 0) is 37.5 Å². The standard InChI is InChI=1S/C16H17N/c1-13-7-9-15(10-8-13)17-16(11-12-16)14-5-3-2-4-6-14/h2-10,17H,11-12H2,1H3.